The fraction of sp³-hybridized carbons (Fsp3) is 0.130. The van der Waals surface area contributed by atoms with Crippen LogP contribution in [0.15, 0.2) is 88.8 Å². The average molecular weight is 389 g/mol. The lowest BCUT2D eigenvalue weighted by molar-refractivity contribution is 1.07. The van der Waals surface area contributed by atoms with Crippen LogP contribution >= 0.6 is 23.5 Å². The minimum atomic E-state index is 0.829. The van der Waals surface area contributed by atoms with Gasteiger partial charge in [0.05, 0.1) is 22.4 Å². The van der Waals surface area contributed by atoms with E-state index in [0.29, 0.717) is 0 Å². The van der Waals surface area contributed by atoms with Gasteiger partial charge in [0.25, 0.3) is 0 Å². The van der Waals surface area contributed by atoms with Crippen LogP contribution in [0.1, 0.15) is 17.0 Å². The molecular weight excluding hydrogens is 368 g/mol. The van der Waals surface area contributed by atoms with Crippen molar-refractivity contribution in [1.82, 2.24) is 9.97 Å². The molecule has 0 N–H and O–H groups in total. The highest BCUT2D eigenvalue weighted by molar-refractivity contribution is 8.03. The standard InChI is InChI=1S/C23H20N2S2/c1-17-11-12-20-21(13-17)25-23-16-27-19-10-8-6-4-2-3-5-7-9-18(14-19)26-15-22(23)24-20/h2-14H,15-16H2,1H3/b3-2-,4-2?,5-3?,6-4+,7-5-,8-6?,9-7?,10-8?,18-9+,18-14?,19-10?,19-14?. The van der Waals surface area contributed by atoms with Crippen molar-refractivity contribution < 1.29 is 0 Å². The van der Waals surface area contributed by atoms with E-state index in [9.17, 15) is 0 Å². The predicted molar refractivity (Wildman–Crippen MR) is 120 cm³/mol. The zero-order valence-corrected chi connectivity index (χ0v) is 16.8. The second kappa shape index (κ2) is 8.59. The first-order chi connectivity index (χ1) is 13.3. The largest absolute Gasteiger partial charge is 0.248 e. The average Bonchev–Trinajstić information content (AvgIpc) is 2.73. The molecule has 1 aromatic heterocycles. The highest BCUT2D eigenvalue weighted by atomic mass is 32.2. The lowest BCUT2D eigenvalue weighted by atomic mass is 10.2. The van der Waals surface area contributed by atoms with E-state index in [1.165, 1.54) is 15.4 Å². The molecule has 0 radical (unpaired) electrons. The van der Waals surface area contributed by atoms with Crippen LogP contribution in [0.2, 0.25) is 0 Å². The number of aryl methyl sites for hydroxylation is 1. The van der Waals surface area contributed by atoms with Crippen molar-refractivity contribution >= 4 is 34.6 Å². The summed E-state index contributed by atoms with van der Waals surface area (Å²) in [5, 5.41) is 0. The Bertz CT molecular complexity index is 1040. The SMILES string of the molecule is Cc1ccc2nc3c(nc2c1)CSC1=C\C(=C/C=C\C=C/C=C/C=C1)SC3. The Morgan fingerprint density at radius 3 is 2.22 bits per heavy atom. The van der Waals surface area contributed by atoms with Crippen molar-refractivity contribution in [2.24, 2.45) is 0 Å². The minimum absolute atomic E-state index is 0.829. The van der Waals surface area contributed by atoms with Gasteiger partial charge in [0, 0.05) is 21.3 Å². The molecule has 0 atom stereocenters. The third-order valence-corrected chi connectivity index (χ3v) is 6.21. The van der Waals surface area contributed by atoms with Crippen molar-refractivity contribution in [3.05, 3.63) is 106 Å². The summed E-state index contributed by atoms with van der Waals surface area (Å²) < 4.78 is 0. The molecule has 0 spiro atoms. The van der Waals surface area contributed by atoms with Gasteiger partial charge < -0.3 is 0 Å². The van der Waals surface area contributed by atoms with Gasteiger partial charge in [0.1, 0.15) is 0 Å². The van der Waals surface area contributed by atoms with E-state index in [-0.39, 0.29) is 0 Å². The number of nitrogens with zero attached hydrogens (tertiary/aromatic N) is 2. The zero-order chi connectivity index (χ0) is 18.5. The molecule has 0 saturated carbocycles. The van der Waals surface area contributed by atoms with Crippen LogP contribution in [0, 0.1) is 6.92 Å². The molecule has 1 aliphatic carbocycles. The van der Waals surface area contributed by atoms with Crippen molar-refractivity contribution in [2.75, 3.05) is 0 Å². The summed E-state index contributed by atoms with van der Waals surface area (Å²) in [4.78, 5) is 12.3. The maximum Gasteiger partial charge on any atom is 0.0893 e. The lowest BCUT2D eigenvalue weighted by Gasteiger charge is -2.09. The molecule has 1 aromatic carbocycles. The summed E-state index contributed by atoms with van der Waals surface area (Å²) in [5.41, 5.74) is 5.35. The van der Waals surface area contributed by atoms with Gasteiger partial charge >= 0.3 is 0 Å². The Hall–Kier alpha value is -2.30. The fourth-order valence-electron chi connectivity index (χ4n) is 2.81. The van der Waals surface area contributed by atoms with Gasteiger partial charge in [0.2, 0.25) is 0 Å². The van der Waals surface area contributed by atoms with Crippen LogP contribution in [0.4, 0.5) is 0 Å². The normalized spacial score (nSPS) is 22.6. The monoisotopic (exact) mass is 388 g/mol. The van der Waals surface area contributed by atoms with Gasteiger partial charge in [0.15, 0.2) is 0 Å². The van der Waals surface area contributed by atoms with Crippen molar-refractivity contribution in [1.29, 1.82) is 0 Å². The molecule has 0 saturated heterocycles. The second-order valence-corrected chi connectivity index (χ2v) is 8.41. The van der Waals surface area contributed by atoms with Crippen molar-refractivity contribution in [2.45, 2.75) is 18.4 Å². The van der Waals surface area contributed by atoms with E-state index >= 15 is 0 Å². The molecule has 2 nitrogen and oxygen atoms in total. The van der Waals surface area contributed by atoms with Gasteiger partial charge in [-0.15, -0.1) is 23.5 Å². The summed E-state index contributed by atoms with van der Waals surface area (Å²) in [6.45, 7) is 2.10. The molecule has 4 rings (SSSR count). The Kier molecular flexibility index (Phi) is 5.75. The van der Waals surface area contributed by atoms with Crippen molar-refractivity contribution in [3.63, 3.8) is 0 Å². The van der Waals surface area contributed by atoms with Gasteiger partial charge in [-0.2, -0.15) is 0 Å². The van der Waals surface area contributed by atoms with E-state index in [1.54, 1.807) is 0 Å². The van der Waals surface area contributed by atoms with Crippen LogP contribution in [0.25, 0.3) is 11.0 Å². The molecule has 1 aliphatic heterocycles. The molecule has 0 amide bonds. The summed E-state index contributed by atoms with van der Waals surface area (Å²) in [6, 6.07) is 6.29. The molecule has 2 aliphatic rings. The molecule has 27 heavy (non-hydrogen) atoms. The number of hydrogen-bond acceptors (Lipinski definition) is 4. The number of allylic oxidation sites excluding steroid dienone is 10. The summed E-state index contributed by atoms with van der Waals surface area (Å²) in [7, 11) is 0. The van der Waals surface area contributed by atoms with E-state index in [1.807, 2.05) is 41.8 Å². The number of rotatable bonds is 0. The fourth-order valence-corrected chi connectivity index (χ4v) is 4.72. The maximum absolute atomic E-state index is 4.94. The maximum atomic E-state index is 4.94. The van der Waals surface area contributed by atoms with Crippen LogP contribution in [-0.4, -0.2) is 9.97 Å². The Balaban J connectivity index is 1.74. The molecule has 2 bridgehead atoms. The number of fused-ring (bicyclic) bond motifs is 3. The topological polar surface area (TPSA) is 25.8 Å². The van der Waals surface area contributed by atoms with Gasteiger partial charge in [-0.3, -0.25) is 0 Å². The third-order valence-electron chi connectivity index (χ3n) is 4.20. The van der Waals surface area contributed by atoms with Gasteiger partial charge in [-0.05, 0) is 42.8 Å². The summed E-state index contributed by atoms with van der Waals surface area (Å²) >= 11 is 3.63. The Morgan fingerprint density at radius 1 is 0.741 bits per heavy atom. The van der Waals surface area contributed by atoms with Crippen LogP contribution in [0.3, 0.4) is 0 Å². The quantitative estimate of drug-likeness (QED) is 0.520. The molecule has 134 valence electrons. The first-order valence-electron chi connectivity index (χ1n) is 8.90. The van der Waals surface area contributed by atoms with Crippen molar-refractivity contribution in [3.8, 4) is 0 Å². The van der Waals surface area contributed by atoms with Crippen LogP contribution < -0.4 is 0 Å². The lowest BCUT2D eigenvalue weighted by Crippen LogP contribution is -2.00. The molecule has 0 fully saturated rings. The van der Waals surface area contributed by atoms with E-state index in [0.717, 1.165) is 33.9 Å². The number of aromatic nitrogens is 2. The molecule has 0 unspecified atom stereocenters. The first-order valence-corrected chi connectivity index (χ1v) is 10.9. The molecule has 2 aromatic rings. The number of hydrogen-bond donors (Lipinski definition) is 0. The van der Waals surface area contributed by atoms with E-state index in [2.05, 4.69) is 67.7 Å². The number of benzene rings is 1. The minimum Gasteiger partial charge on any atom is -0.248 e. The molecule has 4 heteroatoms. The number of thioether (sulfide) groups is 2. The Labute approximate surface area is 168 Å². The third kappa shape index (κ3) is 4.71. The highest BCUT2D eigenvalue weighted by Crippen LogP contribution is 2.33. The Morgan fingerprint density at radius 2 is 1.41 bits per heavy atom. The second-order valence-electron chi connectivity index (χ2n) is 6.32. The first kappa shape index (κ1) is 18.1. The molecular formula is C23H20N2S2. The zero-order valence-electron chi connectivity index (χ0n) is 15.1. The summed E-state index contributed by atoms with van der Waals surface area (Å²) in [5.74, 6) is 1.66. The van der Waals surface area contributed by atoms with Crippen LogP contribution in [-0.2, 0) is 11.5 Å². The molecule has 2 heterocycles. The van der Waals surface area contributed by atoms with Gasteiger partial charge in [-0.1, -0.05) is 48.6 Å². The smallest absolute Gasteiger partial charge is 0.0893 e. The summed E-state index contributed by atoms with van der Waals surface area (Å²) in [6.07, 6.45) is 21.0. The highest BCUT2D eigenvalue weighted by Gasteiger charge is 2.13. The van der Waals surface area contributed by atoms with Crippen LogP contribution in [0.5, 0.6) is 0 Å². The van der Waals surface area contributed by atoms with E-state index < -0.39 is 0 Å². The predicted octanol–water partition coefficient (Wildman–Crippen LogP) is 6.42. The van der Waals surface area contributed by atoms with E-state index in [4.69, 9.17) is 9.97 Å². The van der Waals surface area contributed by atoms with Gasteiger partial charge in [-0.25, -0.2) is 9.97 Å².